The standard InChI is InChI=1S/C15H21N3O/c1-11(15-10-18(3)17-12(15)2)16-9-8-13-4-6-14(19)7-5-13/h4-7,10-11,16,19H,8-9H2,1-3H3. The van der Waals surface area contributed by atoms with Crippen LogP contribution in [0, 0.1) is 6.92 Å². The number of rotatable bonds is 5. The number of nitrogens with one attached hydrogen (secondary N) is 1. The second kappa shape index (κ2) is 5.89. The van der Waals surface area contributed by atoms with Gasteiger partial charge in [-0.3, -0.25) is 4.68 Å². The number of aryl methyl sites for hydroxylation is 2. The molecule has 0 amide bonds. The molecule has 0 spiro atoms. The van der Waals surface area contributed by atoms with Crippen molar-refractivity contribution in [2.45, 2.75) is 26.3 Å². The van der Waals surface area contributed by atoms with Crippen LogP contribution >= 0.6 is 0 Å². The molecule has 0 fully saturated rings. The lowest BCUT2D eigenvalue weighted by molar-refractivity contribution is 0.475. The molecule has 0 saturated carbocycles. The fourth-order valence-corrected chi connectivity index (χ4v) is 2.25. The maximum atomic E-state index is 9.23. The van der Waals surface area contributed by atoms with Gasteiger partial charge in [-0.15, -0.1) is 0 Å². The summed E-state index contributed by atoms with van der Waals surface area (Å²) in [7, 11) is 1.94. The molecule has 0 saturated heterocycles. The number of aromatic hydroxyl groups is 1. The first kappa shape index (κ1) is 13.6. The summed E-state index contributed by atoms with van der Waals surface area (Å²) in [5, 5.41) is 17.1. The Kier molecular flexibility index (Phi) is 4.22. The second-order valence-corrected chi connectivity index (χ2v) is 4.94. The lowest BCUT2D eigenvalue weighted by atomic mass is 10.1. The van der Waals surface area contributed by atoms with E-state index in [4.69, 9.17) is 0 Å². The molecule has 4 heteroatoms. The van der Waals surface area contributed by atoms with Gasteiger partial charge in [0.1, 0.15) is 5.75 Å². The highest BCUT2D eigenvalue weighted by molar-refractivity contribution is 5.26. The molecule has 2 aromatic rings. The van der Waals surface area contributed by atoms with Crippen LogP contribution in [0.2, 0.25) is 0 Å². The van der Waals surface area contributed by atoms with Crippen molar-refractivity contribution in [1.82, 2.24) is 15.1 Å². The van der Waals surface area contributed by atoms with Crippen LogP contribution in [0.3, 0.4) is 0 Å². The topological polar surface area (TPSA) is 50.1 Å². The lowest BCUT2D eigenvalue weighted by Crippen LogP contribution is -2.21. The maximum absolute atomic E-state index is 9.23. The van der Waals surface area contributed by atoms with Crippen LogP contribution < -0.4 is 5.32 Å². The van der Waals surface area contributed by atoms with Crippen LogP contribution in [0.4, 0.5) is 0 Å². The number of nitrogens with zero attached hydrogens (tertiary/aromatic N) is 2. The summed E-state index contributed by atoms with van der Waals surface area (Å²) in [4.78, 5) is 0. The van der Waals surface area contributed by atoms with Gasteiger partial charge in [-0.25, -0.2) is 0 Å². The van der Waals surface area contributed by atoms with E-state index in [9.17, 15) is 5.11 Å². The van der Waals surface area contributed by atoms with Crippen molar-refractivity contribution in [1.29, 1.82) is 0 Å². The zero-order valence-corrected chi connectivity index (χ0v) is 11.7. The second-order valence-electron chi connectivity index (χ2n) is 4.94. The third-order valence-electron chi connectivity index (χ3n) is 3.32. The van der Waals surface area contributed by atoms with Crippen LogP contribution in [0.15, 0.2) is 30.5 Å². The van der Waals surface area contributed by atoms with Crippen LogP contribution in [0.1, 0.15) is 29.8 Å². The summed E-state index contributed by atoms with van der Waals surface area (Å²) in [5.41, 5.74) is 3.54. The van der Waals surface area contributed by atoms with Crippen molar-refractivity contribution in [3.63, 3.8) is 0 Å². The number of hydrogen-bond donors (Lipinski definition) is 2. The molecular weight excluding hydrogens is 238 g/mol. The molecule has 2 N–H and O–H groups in total. The van der Waals surface area contributed by atoms with E-state index >= 15 is 0 Å². The summed E-state index contributed by atoms with van der Waals surface area (Å²) < 4.78 is 1.85. The first-order valence-electron chi connectivity index (χ1n) is 6.57. The quantitative estimate of drug-likeness (QED) is 0.866. The molecular formula is C15H21N3O. The zero-order valence-electron chi connectivity index (χ0n) is 11.7. The molecule has 1 aromatic heterocycles. The highest BCUT2D eigenvalue weighted by Gasteiger charge is 2.10. The van der Waals surface area contributed by atoms with Crippen molar-refractivity contribution in [2.24, 2.45) is 7.05 Å². The number of phenols is 1. The van der Waals surface area contributed by atoms with Gasteiger partial charge in [0.05, 0.1) is 5.69 Å². The first-order chi connectivity index (χ1) is 9.06. The molecule has 1 aromatic carbocycles. The fourth-order valence-electron chi connectivity index (χ4n) is 2.25. The largest absolute Gasteiger partial charge is 0.508 e. The molecule has 1 heterocycles. The van der Waals surface area contributed by atoms with Crippen LogP contribution in [-0.4, -0.2) is 21.4 Å². The minimum absolute atomic E-state index is 0.297. The third-order valence-corrected chi connectivity index (χ3v) is 3.32. The van der Waals surface area contributed by atoms with Gasteiger partial charge in [0.2, 0.25) is 0 Å². The highest BCUT2D eigenvalue weighted by Crippen LogP contribution is 2.15. The van der Waals surface area contributed by atoms with E-state index in [0.29, 0.717) is 11.8 Å². The van der Waals surface area contributed by atoms with Crippen LogP contribution in [0.25, 0.3) is 0 Å². The monoisotopic (exact) mass is 259 g/mol. The van der Waals surface area contributed by atoms with E-state index in [-0.39, 0.29) is 0 Å². The van der Waals surface area contributed by atoms with Gasteiger partial charge in [-0.05, 0) is 44.5 Å². The number of aromatic nitrogens is 2. The Balaban J connectivity index is 1.85. The van der Waals surface area contributed by atoms with Crippen molar-refractivity contribution in [2.75, 3.05) is 6.54 Å². The Morgan fingerprint density at radius 1 is 1.32 bits per heavy atom. The molecule has 1 unspecified atom stereocenters. The molecule has 4 nitrogen and oxygen atoms in total. The molecule has 0 aliphatic rings. The lowest BCUT2D eigenvalue weighted by Gasteiger charge is -2.13. The van der Waals surface area contributed by atoms with Crippen molar-refractivity contribution >= 4 is 0 Å². The van der Waals surface area contributed by atoms with E-state index in [1.165, 1.54) is 11.1 Å². The summed E-state index contributed by atoms with van der Waals surface area (Å²) >= 11 is 0. The summed E-state index contributed by atoms with van der Waals surface area (Å²) in [6.45, 7) is 5.09. The maximum Gasteiger partial charge on any atom is 0.115 e. The highest BCUT2D eigenvalue weighted by atomic mass is 16.3. The SMILES string of the molecule is Cc1nn(C)cc1C(C)NCCc1ccc(O)cc1. The van der Waals surface area contributed by atoms with Gasteiger partial charge in [0, 0.05) is 24.8 Å². The molecule has 0 aliphatic carbocycles. The van der Waals surface area contributed by atoms with E-state index in [1.807, 2.05) is 30.8 Å². The molecule has 0 bridgehead atoms. The molecule has 1 atom stereocenters. The Bertz CT molecular complexity index is 531. The minimum atomic E-state index is 0.297. The minimum Gasteiger partial charge on any atom is -0.508 e. The van der Waals surface area contributed by atoms with E-state index < -0.39 is 0 Å². The van der Waals surface area contributed by atoms with E-state index in [1.54, 1.807) is 12.1 Å². The first-order valence-corrected chi connectivity index (χ1v) is 6.57. The average Bonchev–Trinajstić information content (AvgIpc) is 2.71. The number of hydrogen-bond acceptors (Lipinski definition) is 3. The predicted molar refractivity (Wildman–Crippen MR) is 76.2 cm³/mol. The summed E-state index contributed by atoms with van der Waals surface area (Å²) in [6.07, 6.45) is 3.01. The van der Waals surface area contributed by atoms with Crippen molar-refractivity contribution < 1.29 is 5.11 Å². The molecule has 0 aliphatic heterocycles. The molecule has 0 radical (unpaired) electrons. The van der Waals surface area contributed by atoms with Crippen LogP contribution in [-0.2, 0) is 13.5 Å². The van der Waals surface area contributed by atoms with Gasteiger partial charge in [-0.2, -0.15) is 5.10 Å². The Morgan fingerprint density at radius 2 is 2.00 bits per heavy atom. The Morgan fingerprint density at radius 3 is 2.58 bits per heavy atom. The van der Waals surface area contributed by atoms with E-state index in [0.717, 1.165) is 18.7 Å². The Labute approximate surface area is 114 Å². The number of phenolic OH excluding ortho intramolecular Hbond substituents is 1. The average molecular weight is 259 g/mol. The van der Waals surface area contributed by atoms with Gasteiger partial charge in [0.15, 0.2) is 0 Å². The van der Waals surface area contributed by atoms with Gasteiger partial charge < -0.3 is 10.4 Å². The predicted octanol–water partition coefficient (Wildman–Crippen LogP) is 2.33. The van der Waals surface area contributed by atoms with E-state index in [2.05, 4.69) is 23.5 Å². The van der Waals surface area contributed by atoms with Crippen molar-refractivity contribution in [3.8, 4) is 5.75 Å². The summed E-state index contributed by atoms with van der Waals surface area (Å²) in [5.74, 6) is 0.316. The Hall–Kier alpha value is -1.81. The summed E-state index contributed by atoms with van der Waals surface area (Å²) in [6, 6.07) is 7.66. The van der Waals surface area contributed by atoms with Crippen LogP contribution in [0.5, 0.6) is 5.75 Å². The molecule has 19 heavy (non-hydrogen) atoms. The van der Waals surface area contributed by atoms with Gasteiger partial charge in [-0.1, -0.05) is 12.1 Å². The molecule has 102 valence electrons. The van der Waals surface area contributed by atoms with Gasteiger partial charge in [0.25, 0.3) is 0 Å². The zero-order chi connectivity index (χ0) is 13.8. The van der Waals surface area contributed by atoms with Gasteiger partial charge >= 0.3 is 0 Å². The fraction of sp³-hybridized carbons (Fsp3) is 0.400. The third kappa shape index (κ3) is 3.58. The van der Waals surface area contributed by atoms with Crippen molar-refractivity contribution in [3.05, 3.63) is 47.3 Å². The number of benzene rings is 1. The normalized spacial score (nSPS) is 12.6. The molecule has 2 rings (SSSR count). The smallest absolute Gasteiger partial charge is 0.115 e.